The third kappa shape index (κ3) is 2.37. The zero-order valence-electron chi connectivity index (χ0n) is 7.36. The van der Waals surface area contributed by atoms with Gasteiger partial charge in [0.1, 0.15) is 0 Å². The Kier molecular flexibility index (Phi) is 2.92. The molecular formula is C7H13N3O2. The van der Waals surface area contributed by atoms with E-state index in [-0.39, 0.29) is 6.54 Å². The second kappa shape index (κ2) is 3.76. The van der Waals surface area contributed by atoms with Gasteiger partial charge in [-0.05, 0) is 12.5 Å². The maximum atomic E-state index is 8.11. The summed E-state index contributed by atoms with van der Waals surface area (Å²) in [5.74, 6) is -0.289. The van der Waals surface area contributed by atoms with Crippen LogP contribution in [0, 0.1) is 5.92 Å². The number of rotatable bonds is 2. The highest BCUT2D eigenvalue weighted by Crippen LogP contribution is 2.21. The van der Waals surface area contributed by atoms with Crippen LogP contribution in [-0.2, 0) is 9.47 Å². The van der Waals surface area contributed by atoms with Crippen molar-refractivity contribution in [2.75, 3.05) is 19.8 Å². The van der Waals surface area contributed by atoms with E-state index < -0.39 is 5.79 Å². The highest BCUT2D eigenvalue weighted by Gasteiger charge is 2.30. The number of ether oxygens (including phenoxy) is 2. The lowest BCUT2D eigenvalue weighted by atomic mass is 10.2. The van der Waals surface area contributed by atoms with Crippen LogP contribution in [0.1, 0.15) is 13.8 Å². The lowest BCUT2D eigenvalue weighted by Crippen LogP contribution is -2.43. The highest BCUT2D eigenvalue weighted by molar-refractivity contribution is 4.72. The molecule has 1 fully saturated rings. The molecule has 5 heteroatoms. The molecule has 0 spiro atoms. The summed E-state index contributed by atoms with van der Waals surface area (Å²) in [6, 6.07) is 0. The topological polar surface area (TPSA) is 67.2 Å². The number of hydrogen-bond donors (Lipinski definition) is 0. The smallest absolute Gasteiger partial charge is 0.171 e. The third-order valence-corrected chi connectivity index (χ3v) is 1.77. The maximum absolute atomic E-state index is 8.11. The molecule has 0 aromatic rings. The van der Waals surface area contributed by atoms with E-state index in [1.807, 2.05) is 6.92 Å². The summed E-state index contributed by atoms with van der Waals surface area (Å²) in [6.45, 7) is 5.39. The van der Waals surface area contributed by atoms with E-state index in [1.54, 1.807) is 6.92 Å². The zero-order chi connectivity index (χ0) is 9.03. The van der Waals surface area contributed by atoms with Gasteiger partial charge in [0.25, 0.3) is 0 Å². The Bertz CT molecular complexity index is 193. The van der Waals surface area contributed by atoms with E-state index >= 15 is 0 Å². The van der Waals surface area contributed by atoms with Gasteiger partial charge in [0.15, 0.2) is 5.79 Å². The van der Waals surface area contributed by atoms with Crippen LogP contribution >= 0.6 is 0 Å². The minimum absolute atomic E-state index is 0.232. The second-order valence-electron chi connectivity index (χ2n) is 3.25. The first-order valence-electron chi connectivity index (χ1n) is 3.95. The fourth-order valence-corrected chi connectivity index (χ4v) is 0.978. The van der Waals surface area contributed by atoms with Gasteiger partial charge in [-0.15, -0.1) is 0 Å². The SMILES string of the molecule is CC1COC(C)(CN=[N+]=[N-])OC1. The summed E-state index contributed by atoms with van der Waals surface area (Å²) in [5, 5.41) is 3.42. The Balaban J connectivity index is 2.44. The summed E-state index contributed by atoms with van der Waals surface area (Å²) in [4.78, 5) is 2.66. The van der Waals surface area contributed by atoms with Gasteiger partial charge in [-0.3, -0.25) is 0 Å². The largest absolute Gasteiger partial charge is 0.350 e. The van der Waals surface area contributed by atoms with Gasteiger partial charge in [0.2, 0.25) is 0 Å². The molecule has 1 heterocycles. The average molecular weight is 171 g/mol. The summed E-state index contributed by atoms with van der Waals surface area (Å²) >= 11 is 0. The van der Waals surface area contributed by atoms with E-state index in [4.69, 9.17) is 15.0 Å². The standard InChI is InChI=1S/C7H13N3O2/c1-6-3-11-7(2,12-4-6)5-9-10-8/h6H,3-5H2,1-2H3. The van der Waals surface area contributed by atoms with Gasteiger partial charge in [-0.1, -0.05) is 12.0 Å². The van der Waals surface area contributed by atoms with Crippen molar-refractivity contribution in [1.82, 2.24) is 0 Å². The molecule has 1 saturated heterocycles. The monoisotopic (exact) mass is 171 g/mol. The normalized spacial score (nSPS) is 35.7. The third-order valence-electron chi connectivity index (χ3n) is 1.77. The lowest BCUT2D eigenvalue weighted by Gasteiger charge is -2.35. The fraction of sp³-hybridized carbons (Fsp3) is 1.00. The molecule has 1 aliphatic rings. The lowest BCUT2D eigenvalue weighted by molar-refractivity contribution is -0.264. The van der Waals surface area contributed by atoms with Gasteiger partial charge in [-0.2, -0.15) is 0 Å². The molecule has 0 atom stereocenters. The van der Waals surface area contributed by atoms with Crippen molar-refractivity contribution in [1.29, 1.82) is 0 Å². The van der Waals surface area contributed by atoms with E-state index in [0.29, 0.717) is 19.1 Å². The summed E-state index contributed by atoms with van der Waals surface area (Å²) < 4.78 is 10.8. The Morgan fingerprint density at radius 1 is 1.58 bits per heavy atom. The van der Waals surface area contributed by atoms with Crippen LogP contribution < -0.4 is 0 Å². The van der Waals surface area contributed by atoms with Gasteiger partial charge >= 0.3 is 0 Å². The molecule has 12 heavy (non-hydrogen) atoms. The van der Waals surface area contributed by atoms with Crippen molar-refractivity contribution in [3.63, 3.8) is 0 Å². The quantitative estimate of drug-likeness (QED) is 0.360. The Morgan fingerprint density at radius 2 is 2.17 bits per heavy atom. The van der Waals surface area contributed by atoms with Crippen molar-refractivity contribution < 1.29 is 9.47 Å². The van der Waals surface area contributed by atoms with Crippen LogP contribution in [0.15, 0.2) is 5.11 Å². The molecule has 0 N–H and O–H groups in total. The predicted octanol–water partition coefficient (Wildman–Crippen LogP) is 1.70. The maximum Gasteiger partial charge on any atom is 0.171 e. The van der Waals surface area contributed by atoms with Gasteiger partial charge in [0, 0.05) is 10.8 Å². The number of hydrogen-bond acceptors (Lipinski definition) is 3. The average Bonchev–Trinajstić information content (AvgIpc) is 2.08. The number of azide groups is 1. The van der Waals surface area contributed by atoms with Crippen LogP contribution in [0.4, 0.5) is 0 Å². The van der Waals surface area contributed by atoms with Crippen molar-refractivity contribution >= 4 is 0 Å². The molecule has 68 valence electrons. The predicted molar refractivity (Wildman–Crippen MR) is 43.5 cm³/mol. The van der Waals surface area contributed by atoms with Crippen molar-refractivity contribution in [3.8, 4) is 0 Å². The van der Waals surface area contributed by atoms with E-state index in [0.717, 1.165) is 0 Å². The summed E-state index contributed by atoms with van der Waals surface area (Å²) in [7, 11) is 0. The molecule has 1 aliphatic heterocycles. The Morgan fingerprint density at radius 3 is 2.67 bits per heavy atom. The minimum Gasteiger partial charge on any atom is -0.350 e. The molecule has 0 bridgehead atoms. The van der Waals surface area contributed by atoms with Crippen molar-refractivity contribution in [2.45, 2.75) is 19.6 Å². The number of nitrogens with zero attached hydrogens (tertiary/aromatic N) is 3. The molecule has 0 radical (unpaired) electrons. The second-order valence-corrected chi connectivity index (χ2v) is 3.25. The van der Waals surface area contributed by atoms with Crippen molar-refractivity contribution in [2.24, 2.45) is 11.0 Å². The van der Waals surface area contributed by atoms with Crippen LogP contribution in [0.3, 0.4) is 0 Å². The van der Waals surface area contributed by atoms with Crippen LogP contribution in [0.2, 0.25) is 0 Å². The molecular weight excluding hydrogens is 158 g/mol. The molecule has 0 aromatic heterocycles. The van der Waals surface area contributed by atoms with Crippen molar-refractivity contribution in [3.05, 3.63) is 10.4 Å². The van der Waals surface area contributed by atoms with Crippen LogP contribution in [0.5, 0.6) is 0 Å². The molecule has 0 aromatic carbocycles. The van der Waals surface area contributed by atoms with Crippen LogP contribution in [-0.4, -0.2) is 25.5 Å². The van der Waals surface area contributed by atoms with E-state index in [2.05, 4.69) is 10.0 Å². The minimum atomic E-state index is -0.710. The van der Waals surface area contributed by atoms with E-state index in [9.17, 15) is 0 Å². The molecule has 1 rings (SSSR count). The molecule has 0 saturated carbocycles. The summed E-state index contributed by atoms with van der Waals surface area (Å²) in [6.07, 6.45) is 0. The summed E-state index contributed by atoms with van der Waals surface area (Å²) in [5.41, 5.74) is 8.11. The first kappa shape index (κ1) is 9.32. The molecule has 5 nitrogen and oxygen atoms in total. The van der Waals surface area contributed by atoms with Gasteiger partial charge < -0.3 is 9.47 Å². The first-order valence-corrected chi connectivity index (χ1v) is 3.95. The molecule has 0 unspecified atom stereocenters. The Hall–Kier alpha value is -0.770. The molecule has 0 amide bonds. The van der Waals surface area contributed by atoms with Gasteiger partial charge in [0.05, 0.1) is 19.8 Å². The Labute approximate surface area is 71.3 Å². The highest BCUT2D eigenvalue weighted by atomic mass is 16.7. The first-order chi connectivity index (χ1) is 5.66. The molecule has 0 aliphatic carbocycles. The van der Waals surface area contributed by atoms with Crippen LogP contribution in [0.25, 0.3) is 10.4 Å². The van der Waals surface area contributed by atoms with Gasteiger partial charge in [-0.25, -0.2) is 0 Å². The fourth-order valence-electron chi connectivity index (χ4n) is 0.978. The zero-order valence-corrected chi connectivity index (χ0v) is 7.36. The van der Waals surface area contributed by atoms with E-state index in [1.165, 1.54) is 0 Å².